The van der Waals surface area contributed by atoms with E-state index in [0.29, 0.717) is 11.7 Å². The van der Waals surface area contributed by atoms with Crippen LogP contribution < -0.4 is 0 Å². The third-order valence-electron chi connectivity index (χ3n) is 7.19. The van der Waals surface area contributed by atoms with Crippen LogP contribution in [0, 0.1) is 18.8 Å². The molecule has 3 aromatic carbocycles. The Bertz CT molecular complexity index is 1260. The van der Waals surface area contributed by atoms with Crippen molar-refractivity contribution in [2.24, 2.45) is 11.8 Å². The number of ketones is 1. The van der Waals surface area contributed by atoms with Gasteiger partial charge in [-0.25, -0.2) is 0 Å². The van der Waals surface area contributed by atoms with E-state index in [0.717, 1.165) is 56.8 Å². The van der Waals surface area contributed by atoms with Gasteiger partial charge in [-0.3, -0.25) is 14.8 Å². The predicted molar refractivity (Wildman–Crippen MR) is 158 cm³/mol. The number of aromatic amines is 1. The zero-order chi connectivity index (χ0) is 26.9. The van der Waals surface area contributed by atoms with E-state index in [4.69, 9.17) is 0 Å². The number of benzene rings is 3. The first-order valence-corrected chi connectivity index (χ1v) is 13.9. The summed E-state index contributed by atoms with van der Waals surface area (Å²) >= 11 is 0. The summed E-state index contributed by atoms with van der Waals surface area (Å²) in [4.78, 5) is 15.8. The molecule has 1 aromatic heterocycles. The summed E-state index contributed by atoms with van der Waals surface area (Å²) in [5.41, 5.74) is 5.99. The first-order chi connectivity index (χ1) is 18.4. The van der Waals surface area contributed by atoms with Crippen LogP contribution in [-0.4, -0.2) is 59.0 Å². The van der Waals surface area contributed by atoms with Crippen molar-refractivity contribution in [2.45, 2.75) is 40.2 Å². The molecule has 5 heteroatoms. The Morgan fingerprint density at radius 1 is 0.895 bits per heavy atom. The van der Waals surface area contributed by atoms with Crippen LogP contribution in [0.1, 0.15) is 37.8 Å². The Kier molecular flexibility index (Phi) is 9.85. The molecule has 0 spiro atoms. The minimum Gasteiger partial charge on any atom is -0.304 e. The van der Waals surface area contributed by atoms with Gasteiger partial charge in [-0.1, -0.05) is 92.2 Å². The van der Waals surface area contributed by atoms with E-state index in [9.17, 15) is 4.79 Å². The summed E-state index contributed by atoms with van der Waals surface area (Å²) in [5.74, 6) is 1.18. The molecule has 200 valence electrons. The lowest BCUT2D eigenvalue weighted by Gasteiger charge is -2.32. The fourth-order valence-electron chi connectivity index (χ4n) is 4.59. The number of H-pyrrole nitrogens is 1. The number of aryl methyl sites for hydroxylation is 1. The first kappa shape index (κ1) is 27.7. The fourth-order valence-corrected chi connectivity index (χ4v) is 4.59. The lowest BCUT2D eigenvalue weighted by molar-refractivity contribution is -0.123. The summed E-state index contributed by atoms with van der Waals surface area (Å²) in [6.07, 6.45) is 2.30. The molecule has 1 N–H and O–H groups in total. The molecule has 4 aromatic rings. The summed E-state index contributed by atoms with van der Waals surface area (Å²) < 4.78 is 0. The first-order valence-electron chi connectivity index (χ1n) is 13.9. The smallest absolute Gasteiger partial charge is 0.138 e. The molecule has 38 heavy (non-hydrogen) atoms. The van der Waals surface area contributed by atoms with Crippen LogP contribution in [0.5, 0.6) is 0 Å². The van der Waals surface area contributed by atoms with E-state index in [-0.39, 0.29) is 5.92 Å². The molecule has 1 saturated heterocycles. The Morgan fingerprint density at radius 3 is 2.08 bits per heavy atom. The van der Waals surface area contributed by atoms with E-state index in [1.54, 1.807) is 0 Å². The second-order valence-electron chi connectivity index (χ2n) is 10.9. The highest BCUT2D eigenvalue weighted by Gasteiger charge is 2.30. The molecule has 0 atom stereocenters. The minimum absolute atomic E-state index is 0.266. The van der Waals surface area contributed by atoms with Crippen molar-refractivity contribution in [3.05, 3.63) is 90.0 Å². The number of piperazine rings is 1. The quantitative estimate of drug-likeness (QED) is 0.329. The maximum absolute atomic E-state index is 10.9. The van der Waals surface area contributed by atoms with Gasteiger partial charge in [0, 0.05) is 55.5 Å². The lowest BCUT2D eigenvalue weighted by Crippen LogP contribution is -2.43. The van der Waals surface area contributed by atoms with Crippen molar-refractivity contribution in [1.29, 1.82) is 0 Å². The van der Waals surface area contributed by atoms with Crippen LogP contribution in [0.4, 0.5) is 0 Å². The number of aromatic nitrogens is 2. The molecule has 0 unspecified atom stereocenters. The molecular formula is C33H42N4O. The molecule has 0 radical (unpaired) electrons. The normalized spacial score (nSPS) is 15.9. The molecule has 1 saturated carbocycles. The van der Waals surface area contributed by atoms with Crippen molar-refractivity contribution >= 4 is 16.7 Å². The Hall–Kier alpha value is -3.28. The van der Waals surface area contributed by atoms with Crippen LogP contribution in [0.2, 0.25) is 0 Å². The average molecular weight is 511 g/mol. The molecule has 6 rings (SSSR count). The van der Waals surface area contributed by atoms with Gasteiger partial charge in [0.15, 0.2) is 0 Å². The van der Waals surface area contributed by atoms with Crippen molar-refractivity contribution in [2.75, 3.05) is 33.2 Å². The predicted octanol–water partition coefficient (Wildman–Crippen LogP) is 6.59. The van der Waals surface area contributed by atoms with Gasteiger partial charge in [0.2, 0.25) is 0 Å². The Labute approximate surface area is 227 Å². The number of fused-ring (bicyclic) bond motifs is 1. The molecule has 1 aliphatic carbocycles. The number of carbonyl (C=O) groups excluding carboxylic acids is 1. The molecule has 2 heterocycles. The van der Waals surface area contributed by atoms with Crippen LogP contribution in [-0.2, 0) is 11.3 Å². The third-order valence-corrected chi connectivity index (χ3v) is 7.19. The van der Waals surface area contributed by atoms with Crippen molar-refractivity contribution < 1.29 is 4.79 Å². The highest BCUT2D eigenvalue weighted by molar-refractivity contribution is 5.92. The Morgan fingerprint density at radius 2 is 1.53 bits per heavy atom. The van der Waals surface area contributed by atoms with Crippen LogP contribution >= 0.6 is 0 Å². The number of hydrogen-bond donors (Lipinski definition) is 1. The highest BCUT2D eigenvalue weighted by atomic mass is 16.1. The lowest BCUT2D eigenvalue weighted by atomic mass is 10.1. The summed E-state index contributed by atoms with van der Waals surface area (Å²) in [6, 6.07) is 27.4. The van der Waals surface area contributed by atoms with Crippen molar-refractivity contribution in [3.63, 3.8) is 0 Å². The number of hydrogen-bond acceptors (Lipinski definition) is 4. The van der Waals surface area contributed by atoms with Gasteiger partial charge in [-0.15, -0.1) is 0 Å². The van der Waals surface area contributed by atoms with E-state index in [2.05, 4.69) is 88.6 Å². The number of para-hydroxylation sites is 1. The van der Waals surface area contributed by atoms with Gasteiger partial charge in [0.05, 0.1) is 11.2 Å². The average Bonchev–Trinajstić information content (AvgIpc) is 3.70. The van der Waals surface area contributed by atoms with Gasteiger partial charge >= 0.3 is 0 Å². The maximum Gasteiger partial charge on any atom is 0.138 e. The minimum atomic E-state index is 0.266. The zero-order valence-electron chi connectivity index (χ0n) is 23.4. The molecule has 1 aliphatic heterocycles. The molecule has 5 nitrogen and oxygen atoms in total. The fraction of sp³-hybridized carbons (Fsp3) is 0.394. The van der Waals surface area contributed by atoms with Gasteiger partial charge in [0.1, 0.15) is 5.78 Å². The highest BCUT2D eigenvalue weighted by Crippen LogP contribution is 2.32. The molecule has 2 aliphatic rings. The molecule has 0 amide bonds. The number of likely N-dealkylation sites (N-methyl/N-ethyl adjacent to an activating group) is 1. The van der Waals surface area contributed by atoms with Gasteiger partial charge < -0.3 is 4.90 Å². The van der Waals surface area contributed by atoms with E-state index < -0.39 is 0 Å². The summed E-state index contributed by atoms with van der Waals surface area (Å²) in [5, 5.41) is 8.77. The van der Waals surface area contributed by atoms with Crippen LogP contribution in [0.15, 0.2) is 78.9 Å². The van der Waals surface area contributed by atoms with Crippen LogP contribution in [0.3, 0.4) is 0 Å². The molecule has 2 fully saturated rings. The van der Waals surface area contributed by atoms with Gasteiger partial charge in [-0.2, -0.15) is 5.10 Å². The van der Waals surface area contributed by atoms with E-state index in [1.165, 1.54) is 22.1 Å². The topological polar surface area (TPSA) is 52.2 Å². The van der Waals surface area contributed by atoms with Gasteiger partial charge in [-0.05, 0) is 38.4 Å². The SMILES string of the molecule is CC(C)C(=O)C1CC1.CN1CCN(Cc2ccc(-c3n[nH]c4ccccc34)cc2)CC1.Cc1ccccc1. The second-order valence-corrected chi connectivity index (χ2v) is 10.9. The number of nitrogens with one attached hydrogen (secondary N) is 1. The number of rotatable bonds is 5. The third kappa shape index (κ3) is 8.11. The van der Waals surface area contributed by atoms with E-state index >= 15 is 0 Å². The van der Waals surface area contributed by atoms with Crippen molar-refractivity contribution in [3.8, 4) is 11.3 Å². The largest absolute Gasteiger partial charge is 0.304 e. The number of nitrogens with zero attached hydrogens (tertiary/aromatic N) is 3. The summed E-state index contributed by atoms with van der Waals surface area (Å²) in [6.45, 7) is 11.7. The standard InChI is InChI=1S/C19H22N4.C7H12O.C7H8/c1-22-10-12-23(13-11-22)14-15-6-8-16(9-7-15)19-17-4-2-3-5-18(17)20-21-19;1-5(2)7(8)6-3-4-6;1-7-5-3-2-4-6-7/h2-9H,10-14H2,1H3,(H,20,21);5-6H,3-4H2,1-2H3;2-6H,1H3. The monoisotopic (exact) mass is 510 g/mol. The number of carbonyl (C=O) groups is 1. The second kappa shape index (κ2) is 13.5. The Balaban J connectivity index is 0.000000183. The van der Waals surface area contributed by atoms with Gasteiger partial charge in [0.25, 0.3) is 0 Å². The van der Waals surface area contributed by atoms with E-state index in [1.807, 2.05) is 38.1 Å². The number of Topliss-reactive ketones (excluding diaryl/α,β-unsaturated/α-hetero) is 1. The van der Waals surface area contributed by atoms with Crippen molar-refractivity contribution in [1.82, 2.24) is 20.0 Å². The molecular weight excluding hydrogens is 468 g/mol. The van der Waals surface area contributed by atoms with Crippen LogP contribution in [0.25, 0.3) is 22.2 Å². The maximum atomic E-state index is 10.9. The molecule has 0 bridgehead atoms. The summed E-state index contributed by atoms with van der Waals surface area (Å²) in [7, 11) is 2.19. The zero-order valence-corrected chi connectivity index (χ0v) is 23.4.